The highest BCUT2D eigenvalue weighted by molar-refractivity contribution is 5.98. The van der Waals surface area contributed by atoms with E-state index in [1.165, 1.54) is 0 Å². The number of benzene rings is 3. The molecule has 1 saturated carbocycles. The monoisotopic (exact) mass is 688 g/mol. The summed E-state index contributed by atoms with van der Waals surface area (Å²) in [6.45, 7) is 0.389. The summed E-state index contributed by atoms with van der Waals surface area (Å²) < 4.78 is 179. The first-order valence-corrected chi connectivity index (χ1v) is 12.5. The van der Waals surface area contributed by atoms with E-state index in [-0.39, 0.29) is 0 Å². The van der Waals surface area contributed by atoms with Gasteiger partial charge in [0.25, 0.3) is 0 Å². The van der Waals surface area contributed by atoms with Crippen LogP contribution < -0.4 is 0 Å². The van der Waals surface area contributed by atoms with Crippen LogP contribution in [0.3, 0.4) is 0 Å². The molecule has 3 aromatic rings. The molecule has 1 aliphatic rings. The predicted molar refractivity (Wildman–Crippen MR) is 134 cm³/mol. The zero-order valence-electron chi connectivity index (χ0n) is 23.3. The number of nitriles is 6. The third-order valence-corrected chi connectivity index (χ3v) is 7.50. The third-order valence-electron chi connectivity index (χ3n) is 7.50. The first-order chi connectivity index (χ1) is 23.0. The summed E-state index contributed by atoms with van der Waals surface area (Å²) in [7, 11) is 0. The van der Waals surface area contributed by atoms with Gasteiger partial charge in [-0.2, -0.15) is 31.6 Å². The molecule has 6 nitrogen and oxygen atoms in total. The van der Waals surface area contributed by atoms with Gasteiger partial charge in [-0.15, -0.1) is 0 Å². The molecule has 1 aliphatic carbocycles. The van der Waals surface area contributed by atoms with Crippen LogP contribution in [0.25, 0.3) is 11.1 Å². The predicted octanol–water partition coefficient (Wildman–Crippen LogP) is 7.34. The van der Waals surface area contributed by atoms with Gasteiger partial charge in [-0.25, -0.2) is 52.7 Å². The highest BCUT2D eigenvalue weighted by Crippen LogP contribution is 2.63. The Labute approximate surface area is 264 Å². The van der Waals surface area contributed by atoms with Crippen molar-refractivity contribution in [1.29, 1.82) is 31.6 Å². The van der Waals surface area contributed by atoms with Gasteiger partial charge in [0, 0.05) is 5.92 Å². The molecule has 0 heterocycles. The van der Waals surface area contributed by atoms with Crippen LogP contribution in [0.5, 0.6) is 0 Å². The smallest absolute Gasteiger partial charge is 0.180 e. The van der Waals surface area contributed by atoms with E-state index >= 15 is 26.3 Å². The molecule has 0 amide bonds. The molecule has 0 aliphatic heterocycles. The molecule has 2 atom stereocenters. The molecule has 18 heteroatoms. The van der Waals surface area contributed by atoms with Crippen LogP contribution in [-0.2, 0) is 5.41 Å². The fourth-order valence-corrected chi connectivity index (χ4v) is 5.21. The molecule has 0 saturated heterocycles. The van der Waals surface area contributed by atoms with Gasteiger partial charge >= 0.3 is 0 Å². The summed E-state index contributed by atoms with van der Waals surface area (Å²) in [5, 5.41) is 56.6. The Morgan fingerprint density at radius 3 is 0.939 bits per heavy atom. The standard InChI is InChI=1S/C31H4F12N6/c1-31(7-49,18-29(42)23(36)12(6-48)24(37)30(18)43)17-13(8(2-44)15-25(38)19(32)10(4-46)20(33)26(15)39)14(17)9(3-45)16-27(40)21(34)11(5-47)22(35)28(16)41/h17H,1H3/b13-8-,14-9+. The number of nitrogens with zero attached hydrogens (tertiary/aromatic N) is 6. The van der Waals surface area contributed by atoms with Gasteiger partial charge in [0.15, 0.2) is 69.8 Å². The van der Waals surface area contributed by atoms with Crippen molar-refractivity contribution in [3.05, 3.63) is 114 Å². The van der Waals surface area contributed by atoms with Crippen LogP contribution in [0.15, 0.2) is 11.1 Å². The maximum Gasteiger partial charge on any atom is 0.180 e. The van der Waals surface area contributed by atoms with Crippen molar-refractivity contribution in [3.63, 3.8) is 0 Å². The fourth-order valence-electron chi connectivity index (χ4n) is 5.21. The van der Waals surface area contributed by atoms with E-state index in [1.807, 2.05) is 0 Å². The van der Waals surface area contributed by atoms with Gasteiger partial charge in [-0.3, -0.25) is 0 Å². The fraction of sp³-hybridized carbons (Fsp3) is 0.0968. The topological polar surface area (TPSA) is 143 Å². The van der Waals surface area contributed by atoms with E-state index in [4.69, 9.17) is 15.8 Å². The van der Waals surface area contributed by atoms with E-state index in [0.717, 1.165) is 36.4 Å². The van der Waals surface area contributed by atoms with Crippen molar-refractivity contribution < 1.29 is 52.7 Å². The summed E-state index contributed by atoms with van der Waals surface area (Å²) in [5.74, 6) is -32.2. The minimum atomic E-state index is -3.31. The van der Waals surface area contributed by atoms with Crippen LogP contribution in [0.1, 0.15) is 40.3 Å². The molecule has 2 unspecified atom stereocenters. The normalized spacial score (nSPS) is 16.6. The first kappa shape index (κ1) is 35.1. The lowest BCUT2D eigenvalue weighted by Crippen LogP contribution is -2.28. The summed E-state index contributed by atoms with van der Waals surface area (Å²) in [4.78, 5) is 0. The molecule has 0 spiro atoms. The number of hydrogen-bond acceptors (Lipinski definition) is 6. The summed E-state index contributed by atoms with van der Waals surface area (Å²) in [6.07, 6.45) is 0. The summed E-state index contributed by atoms with van der Waals surface area (Å²) in [5.41, 5.74) is -21.1. The first-order valence-electron chi connectivity index (χ1n) is 12.5. The highest BCUT2D eigenvalue weighted by atomic mass is 19.2. The van der Waals surface area contributed by atoms with E-state index in [2.05, 4.69) is 0 Å². The van der Waals surface area contributed by atoms with Crippen molar-refractivity contribution >= 4 is 11.1 Å². The Hall–Kier alpha value is -6.76. The number of rotatable bonds is 4. The van der Waals surface area contributed by atoms with Gasteiger partial charge in [-0.05, 0) is 18.1 Å². The van der Waals surface area contributed by atoms with Crippen LogP contribution in [0.2, 0.25) is 0 Å². The quantitative estimate of drug-likeness (QED) is 0.160. The third kappa shape index (κ3) is 4.70. The summed E-state index contributed by atoms with van der Waals surface area (Å²) >= 11 is 0. The molecule has 0 aromatic heterocycles. The van der Waals surface area contributed by atoms with Gasteiger partial charge in [0.2, 0.25) is 0 Å². The Kier molecular flexibility index (Phi) is 8.68. The molecule has 4 rings (SSSR count). The number of hydrogen-bond donors (Lipinski definition) is 0. The molecule has 1 fully saturated rings. The average molecular weight is 688 g/mol. The number of halogens is 12. The van der Waals surface area contributed by atoms with Crippen molar-refractivity contribution in [3.8, 4) is 36.4 Å². The van der Waals surface area contributed by atoms with Crippen molar-refractivity contribution in [2.75, 3.05) is 0 Å². The maximum atomic E-state index is 15.3. The highest BCUT2D eigenvalue weighted by Gasteiger charge is 2.59. The lowest BCUT2D eigenvalue weighted by atomic mass is 9.76. The second-order valence-electron chi connectivity index (χ2n) is 9.90. The molecule has 3 aromatic carbocycles. The van der Waals surface area contributed by atoms with Crippen LogP contribution in [0, 0.1) is 144 Å². The van der Waals surface area contributed by atoms with Crippen LogP contribution in [0.4, 0.5) is 52.7 Å². The van der Waals surface area contributed by atoms with Gasteiger partial charge in [-0.1, -0.05) is 0 Å². The molecular formula is C31H4F12N6. The van der Waals surface area contributed by atoms with Crippen molar-refractivity contribution in [2.24, 2.45) is 5.92 Å². The van der Waals surface area contributed by atoms with E-state index in [0.29, 0.717) is 6.92 Å². The molecular weight excluding hydrogens is 684 g/mol. The summed E-state index contributed by atoms with van der Waals surface area (Å²) in [6, 6.07) is 5.52. The number of allylic oxidation sites excluding steroid dienone is 4. The molecule has 0 bridgehead atoms. The largest absolute Gasteiger partial charge is 0.203 e. The van der Waals surface area contributed by atoms with Gasteiger partial charge < -0.3 is 0 Å². The lowest BCUT2D eigenvalue weighted by Gasteiger charge is -2.23. The van der Waals surface area contributed by atoms with Crippen molar-refractivity contribution in [1.82, 2.24) is 0 Å². The second kappa shape index (κ2) is 12.1. The Morgan fingerprint density at radius 2 is 0.714 bits per heavy atom. The zero-order valence-corrected chi connectivity index (χ0v) is 23.3. The zero-order chi connectivity index (χ0) is 37.0. The lowest BCUT2D eigenvalue weighted by molar-refractivity contribution is 0.400. The van der Waals surface area contributed by atoms with E-state index in [1.54, 1.807) is 0 Å². The Balaban J connectivity index is 2.32. The van der Waals surface area contributed by atoms with E-state index in [9.17, 15) is 42.1 Å². The van der Waals surface area contributed by atoms with Gasteiger partial charge in [0.1, 0.15) is 47.0 Å². The molecule has 0 radical (unpaired) electrons. The average Bonchev–Trinajstić information content (AvgIpc) is 3.82. The Morgan fingerprint density at radius 1 is 0.449 bits per heavy atom. The van der Waals surface area contributed by atoms with Gasteiger partial charge in [0.05, 0.1) is 39.3 Å². The van der Waals surface area contributed by atoms with Crippen LogP contribution >= 0.6 is 0 Å². The van der Waals surface area contributed by atoms with E-state index < -0.39 is 137 Å². The van der Waals surface area contributed by atoms with Crippen molar-refractivity contribution in [2.45, 2.75) is 12.3 Å². The minimum Gasteiger partial charge on any atom is -0.203 e. The molecule has 49 heavy (non-hydrogen) atoms. The minimum absolute atomic E-state index is 0.389. The molecule has 0 N–H and O–H groups in total. The van der Waals surface area contributed by atoms with Crippen LogP contribution in [-0.4, -0.2) is 0 Å². The SMILES string of the molecule is CC(C#N)(c1c(F)c(F)c(C#N)c(F)c1F)C1C(=C(/C#N)c2c(F)c(F)c(C#N)c(F)c2F)/C1=C(/C#N)c1c(F)c(F)c(C#N)c(F)c1F. The Bertz CT molecular complexity index is 2210. The molecule has 242 valence electrons. The maximum absolute atomic E-state index is 15.3. The second-order valence-corrected chi connectivity index (χ2v) is 9.90.